The zero-order chi connectivity index (χ0) is 24.6. The second kappa shape index (κ2) is 12.0. The Morgan fingerprint density at radius 2 is 1.91 bits per heavy atom. The second-order valence-electron chi connectivity index (χ2n) is 7.62. The highest BCUT2D eigenvalue weighted by Crippen LogP contribution is 2.47. The van der Waals surface area contributed by atoms with Gasteiger partial charge in [-0.3, -0.25) is 9.36 Å². The fourth-order valence-corrected chi connectivity index (χ4v) is 6.15. The summed E-state index contributed by atoms with van der Waals surface area (Å²) in [4.78, 5) is 24.9. The first-order valence-corrected chi connectivity index (χ1v) is 13.5. The first kappa shape index (κ1) is 25.7. The fraction of sp³-hybridized carbons (Fsp3) is 0.280. The van der Waals surface area contributed by atoms with Gasteiger partial charge in [-0.2, -0.15) is 0 Å². The molecule has 0 aliphatic heterocycles. The van der Waals surface area contributed by atoms with Crippen molar-refractivity contribution in [2.45, 2.75) is 32.5 Å². The minimum absolute atomic E-state index is 0.0370. The number of fused-ring (bicyclic) bond motifs is 1. The number of para-hydroxylation sites is 1. The number of carbonyl (C=O) groups excluding carboxylic acids is 2. The molecule has 0 amide bonds. The van der Waals surface area contributed by atoms with E-state index in [4.69, 9.17) is 14.0 Å². The van der Waals surface area contributed by atoms with Crippen LogP contribution in [0.5, 0.6) is 5.75 Å². The average molecular weight is 502 g/mol. The Labute approximate surface area is 203 Å². The molecule has 0 saturated heterocycles. The van der Waals surface area contributed by atoms with Crippen LogP contribution in [0.1, 0.15) is 35.5 Å². The third kappa shape index (κ3) is 7.03. The van der Waals surface area contributed by atoms with Crippen molar-refractivity contribution < 1.29 is 28.2 Å². The molecule has 34 heavy (non-hydrogen) atoms. The molecule has 0 fully saturated rings. The van der Waals surface area contributed by atoms with Crippen LogP contribution in [0.15, 0.2) is 67.3 Å². The Bertz CT molecular complexity index is 1190. The van der Waals surface area contributed by atoms with Crippen LogP contribution in [0.25, 0.3) is 10.1 Å². The summed E-state index contributed by atoms with van der Waals surface area (Å²) in [5.74, 6) is -0.479. The Kier molecular flexibility index (Phi) is 9.05. The van der Waals surface area contributed by atoms with E-state index in [1.165, 1.54) is 17.4 Å². The van der Waals surface area contributed by atoms with Gasteiger partial charge in [0.15, 0.2) is 0 Å². The third-order valence-electron chi connectivity index (χ3n) is 4.69. The van der Waals surface area contributed by atoms with Gasteiger partial charge in [-0.15, -0.1) is 11.3 Å². The lowest BCUT2D eigenvalue weighted by Crippen LogP contribution is -2.35. The summed E-state index contributed by atoms with van der Waals surface area (Å²) in [5, 5.41) is 3.70. The van der Waals surface area contributed by atoms with E-state index < -0.39 is 25.5 Å². The number of benzene rings is 2. The largest absolute Gasteiger partial charge is 0.465 e. The minimum Gasteiger partial charge on any atom is -0.465 e. The topological polar surface area (TPSA) is 90.9 Å². The molecular formula is C25H28NO6PS. The molecule has 2 aromatic carbocycles. The van der Waals surface area contributed by atoms with Crippen LogP contribution in [0.2, 0.25) is 0 Å². The molecule has 0 spiro atoms. The normalized spacial score (nSPS) is 13.6. The van der Waals surface area contributed by atoms with Crippen molar-refractivity contribution in [3.63, 3.8) is 0 Å². The fourth-order valence-electron chi connectivity index (χ4n) is 3.17. The molecule has 3 rings (SSSR count). The second-order valence-corrected chi connectivity index (χ2v) is 10.8. The van der Waals surface area contributed by atoms with Gasteiger partial charge < -0.3 is 14.0 Å². The van der Waals surface area contributed by atoms with E-state index in [0.717, 1.165) is 15.6 Å². The molecule has 3 aromatic rings. The number of carbonyl (C=O) groups is 2. The first-order chi connectivity index (χ1) is 16.3. The average Bonchev–Trinajstić information content (AvgIpc) is 3.24. The highest BCUT2D eigenvalue weighted by molar-refractivity contribution is 7.56. The molecule has 9 heteroatoms. The van der Waals surface area contributed by atoms with Crippen LogP contribution in [0.3, 0.4) is 0 Å². The van der Waals surface area contributed by atoms with Crippen LogP contribution in [0.4, 0.5) is 0 Å². The maximum Gasteiger partial charge on any atom is 0.348 e. The van der Waals surface area contributed by atoms with Gasteiger partial charge in [-0.05, 0) is 54.6 Å². The van der Waals surface area contributed by atoms with E-state index in [0.29, 0.717) is 23.7 Å². The smallest absolute Gasteiger partial charge is 0.348 e. The van der Waals surface area contributed by atoms with E-state index in [2.05, 4.69) is 11.7 Å². The number of rotatable bonds is 12. The van der Waals surface area contributed by atoms with Gasteiger partial charge in [-0.25, -0.2) is 9.88 Å². The lowest BCUT2D eigenvalue weighted by atomic mass is 10.2. The molecule has 180 valence electrons. The molecule has 2 atom stereocenters. The van der Waals surface area contributed by atoms with Crippen LogP contribution in [0, 0.1) is 0 Å². The number of hydrogen-bond donors (Lipinski definition) is 1. The van der Waals surface area contributed by atoms with E-state index in [1.807, 2.05) is 31.2 Å². The molecule has 2 unspecified atom stereocenters. The Morgan fingerprint density at radius 3 is 2.62 bits per heavy atom. The van der Waals surface area contributed by atoms with E-state index in [-0.39, 0.29) is 12.8 Å². The number of hydrogen-bond acceptors (Lipinski definition) is 7. The number of ether oxygens (including phenoxy) is 2. The van der Waals surface area contributed by atoms with Gasteiger partial charge in [0.1, 0.15) is 23.3 Å². The summed E-state index contributed by atoms with van der Waals surface area (Å²) in [5.41, 5.74) is 0.734. The van der Waals surface area contributed by atoms with Crippen molar-refractivity contribution in [2.75, 3.05) is 13.2 Å². The maximum absolute atomic E-state index is 13.9. The van der Waals surface area contributed by atoms with Crippen molar-refractivity contribution in [3.05, 3.63) is 77.7 Å². The summed E-state index contributed by atoms with van der Waals surface area (Å²) >= 11 is 1.32. The van der Waals surface area contributed by atoms with E-state index in [1.54, 1.807) is 37.3 Å². The standard InChI is InChI=1S/C25H28NO6PS/c1-4-13-30-24(27)18(3)26-33(29,32-21-9-7-6-8-10-21)17-19-11-12-22-20(15-19)16-23(34-22)25(28)31-14-5-2/h5-12,15-16,18H,2,4,13-14,17H2,1,3H3,(H,26,29). The van der Waals surface area contributed by atoms with Crippen molar-refractivity contribution in [1.29, 1.82) is 0 Å². The summed E-state index contributed by atoms with van der Waals surface area (Å²) in [6.07, 6.45) is 2.25. The van der Waals surface area contributed by atoms with E-state index in [9.17, 15) is 14.2 Å². The molecule has 1 heterocycles. The van der Waals surface area contributed by atoms with Crippen molar-refractivity contribution in [2.24, 2.45) is 0 Å². The lowest BCUT2D eigenvalue weighted by molar-refractivity contribution is -0.145. The highest BCUT2D eigenvalue weighted by Gasteiger charge is 2.31. The molecule has 0 bridgehead atoms. The zero-order valence-electron chi connectivity index (χ0n) is 19.2. The molecular weight excluding hydrogens is 473 g/mol. The molecule has 1 aromatic heterocycles. The molecule has 0 saturated carbocycles. The summed E-state index contributed by atoms with van der Waals surface area (Å²) < 4.78 is 31.0. The van der Waals surface area contributed by atoms with Crippen LogP contribution in [-0.2, 0) is 25.0 Å². The molecule has 7 nitrogen and oxygen atoms in total. The third-order valence-corrected chi connectivity index (χ3v) is 7.86. The lowest BCUT2D eigenvalue weighted by Gasteiger charge is -2.24. The van der Waals surface area contributed by atoms with Gasteiger partial charge in [0.2, 0.25) is 0 Å². The van der Waals surface area contributed by atoms with E-state index >= 15 is 0 Å². The molecule has 0 radical (unpaired) electrons. The molecule has 1 N–H and O–H groups in total. The minimum atomic E-state index is -3.56. The summed E-state index contributed by atoms with van der Waals surface area (Å²) in [7, 11) is -3.56. The monoisotopic (exact) mass is 501 g/mol. The van der Waals surface area contributed by atoms with Crippen LogP contribution in [-0.4, -0.2) is 31.2 Å². The van der Waals surface area contributed by atoms with Gasteiger partial charge in [0.25, 0.3) is 0 Å². The number of thiophene rings is 1. The number of esters is 2. The van der Waals surface area contributed by atoms with Gasteiger partial charge in [0, 0.05) is 4.70 Å². The van der Waals surface area contributed by atoms with Gasteiger partial charge >= 0.3 is 19.5 Å². The zero-order valence-corrected chi connectivity index (χ0v) is 20.9. The predicted octanol–water partition coefficient (Wildman–Crippen LogP) is 5.95. The summed E-state index contributed by atoms with van der Waals surface area (Å²) in [6, 6.07) is 15.3. The SMILES string of the molecule is C=CCOC(=O)c1cc2cc(CP(=O)(NC(C)C(=O)OCCC)Oc3ccccc3)ccc2s1. The highest BCUT2D eigenvalue weighted by atomic mass is 32.1. The quantitative estimate of drug-likeness (QED) is 0.186. The molecule has 0 aliphatic carbocycles. The maximum atomic E-state index is 13.9. The van der Waals surface area contributed by atoms with Gasteiger partial charge in [0.05, 0.1) is 12.8 Å². The Morgan fingerprint density at radius 1 is 1.15 bits per heavy atom. The summed E-state index contributed by atoms with van der Waals surface area (Å²) in [6.45, 7) is 7.48. The van der Waals surface area contributed by atoms with Crippen LogP contribution < -0.4 is 9.61 Å². The Balaban J connectivity index is 1.84. The van der Waals surface area contributed by atoms with Crippen LogP contribution >= 0.6 is 18.9 Å². The number of nitrogens with one attached hydrogen (secondary N) is 1. The van der Waals surface area contributed by atoms with Crippen molar-refractivity contribution in [3.8, 4) is 5.75 Å². The van der Waals surface area contributed by atoms with Crippen molar-refractivity contribution >= 4 is 40.9 Å². The Hall–Kier alpha value is -2.93. The van der Waals surface area contributed by atoms with Gasteiger partial charge in [-0.1, -0.05) is 43.8 Å². The first-order valence-electron chi connectivity index (χ1n) is 10.9. The van der Waals surface area contributed by atoms with Crippen molar-refractivity contribution in [1.82, 2.24) is 5.09 Å². The molecule has 0 aliphatic rings. The predicted molar refractivity (Wildman–Crippen MR) is 135 cm³/mol.